The molecule has 0 bridgehead atoms. The van der Waals surface area contributed by atoms with E-state index >= 15 is 0 Å². The third kappa shape index (κ3) is 4.31. The van der Waals surface area contributed by atoms with E-state index in [4.69, 9.17) is 0 Å². The number of hydrogen-bond donors (Lipinski definition) is 2. The largest absolute Gasteiger partial charge is 0.480 e. The Morgan fingerprint density at radius 1 is 1.05 bits per heavy atom. The molecule has 4 heteroatoms. The minimum atomic E-state index is -1.05. The SMILES string of the molecule is O=C(CCc1ccccc1)NC1(C(=O)O)CCCCCC1. The van der Waals surface area contributed by atoms with E-state index < -0.39 is 11.5 Å². The van der Waals surface area contributed by atoms with Gasteiger partial charge in [-0.1, -0.05) is 56.0 Å². The van der Waals surface area contributed by atoms with Gasteiger partial charge in [0.25, 0.3) is 0 Å². The molecular weight excluding hydrogens is 266 g/mol. The van der Waals surface area contributed by atoms with E-state index in [-0.39, 0.29) is 5.91 Å². The Balaban J connectivity index is 1.93. The number of carboxylic acid groups (broad SMARTS) is 1. The molecular formula is C17H23NO3. The molecule has 1 aliphatic rings. The minimum Gasteiger partial charge on any atom is -0.480 e. The van der Waals surface area contributed by atoms with Crippen LogP contribution in [0.5, 0.6) is 0 Å². The number of aryl methyl sites for hydroxylation is 1. The molecule has 0 aromatic heterocycles. The predicted molar refractivity (Wildman–Crippen MR) is 81.0 cm³/mol. The lowest BCUT2D eigenvalue weighted by Crippen LogP contribution is -2.54. The molecule has 0 aliphatic heterocycles. The van der Waals surface area contributed by atoms with Gasteiger partial charge in [0, 0.05) is 6.42 Å². The molecule has 1 aromatic carbocycles. The van der Waals surface area contributed by atoms with Crippen molar-refractivity contribution in [2.75, 3.05) is 0 Å². The first-order valence-electron chi connectivity index (χ1n) is 7.71. The maximum absolute atomic E-state index is 12.1. The fourth-order valence-electron chi connectivity index (χ4n) is 2.96. The molecule has 0 radical (unpaired) electrons. The summed E-state index contributed by atoms with van der Waals surface area (Å²) in [7, 11) is 0. The Hall–Kier alpha value is -1.84. The number of aliphatic carboxylic acids is 1. The number of carbonyl (C=O) groups is 2. The Morgan fingerprint density at radius 2 is 1.67 bits per heavy atom. The van der Waals surface area contributed by atoms with Crippen molar-refractivity contribution in [3.8, 4) is 0 Å². The average Bonchev–Trinajstić information content (AvgIpc) is 2.73. The van der Waals surface area contributed by atoms with Gasteiger partial charge >= 0.3 is 5.97 Å². The van der Waals surface area contributed by atoms with Gasteiger partial charge in [-0.15, -0.1) is 0 Å². The van der Waals surface area contributed by atoms with Gasteiger partial charge in [-0.25, -0.2) is 4.79 Å². The zero-order valence-corrected chi connectivity index (χ0v) is 12.3. The number of carboxylic acids is 1. The summed E-state index contributed by atoms with van der Waals surface area (Å²) in [5.74, 6) is -1.05. The molecule has 1 aliphatic carbocycles. The average molecular weight is 289 g/mol. The van der Waals surface area contributed by atoms with Crippen molar-refractivity contribution >= 4 is 11.9 Å². The second-order valence-corrected chi connectivity index (χ2v) is 5.84. The van der Waals surface area contributed by atoms with Crippen LogP contribution in [0, 0.1) is 0 Å². The number of rotatable bonds is 5. The second-order valence-electron chi connectivity index (χ2n) is 5.84. The number of nitrogens with one attached hydrogen (secondary N) is 1. The lowest BCUT2D eigenvalue weighted by Gasteiger charge is -2.29. The van der Waals surface area contributed by atoms with E-state index in [9.17, 15) is 14.7 Å². The first kappa shape index (κ1) is 15.5. The highest BCUT2D eigenvalue weighted by Crippen LogP contribution is 2.27. The van der Waals surface area contributed by atoms with Gasteiger partial charge < -0.3 is 10.4 Å². The molecule has 1 amide bonds. The Bertz CT molecular complexity index is 476. The standard InChI is InChI=1S/C17H23NO3/c19-15(11-10-14-8-4-3-5-9-14)18-17(16(20)21)12-6-1-2-7-13-17/h3-5,8-9H,1-2,6-7,10-13H2,(H,18,19)(H,20,21). The summed E-state index contributed by atoms with van der Waals surface area (Å²) in [6.45, 7) is 0. The third-order valence-electron chi connectivity index (χ3n) is 4.23. The van der Waals surface area contributed by atoms with E-state index in [0.717, 1.165) is 31.2 Å². The summed E-state index contributed by atoms with van der Waals surface area (Å²) in [5.41, 5.74) is 0.0440. The summed E-state index contributed by atoms with van der Waals surface area (Å²) < 4.78 is 0. The molecule has 21 heavy (non-hydrogen) atoms. The van der Waals surface area contributed by atoms with Crippen LogP contribution in [-0.2, 0) is 16.0 Å². The lowest BCUT2D eigenvalue weighted by molar-refractivity contribution is -0.148. The van der Waals surface area contributed by atoms with E-state index in [0.29, 0.717) is 25.7 Å². The fourth-order valence-corrected chi connectivity index (χ4v) is 2.96. The molecule has 114 valence electrons. The maximum atomic E-state index is 12.1. The Labute approximate surface area is 125 Å². The Kier molecular flexibility index (Phi) is 5.37. The van der Waals surface area contributed by atoms with Crippen molar-refractivity contribution < 1.29 is 14.7 Å². The van der Waals surface area contributed by atoms with Crippen molar-refractivity contribution in [1.29, 1.82) is 0 Å². The van der Waals surface area contributed by atoms with Gasteiger partial charge in [-0.2, -0.15) is 0 Å². The predicted octanol–water partition coefficient (Wildman–Crippen LogP) is 2.91. The molecule has 0 spiro atoms. The van der Waals surface area contributed by atoms with E-state index in [1.54, 1.807) is 0 Å². The normalized spacial score (nSPS) is 17.7. The van der Waals surface area contributed by atoms with E-state index in [1.807, 2.05) is 30.3 Å². The van der Waals surface area contributed by atoms with Gasteiger partial charge in [0.1, 0.15) is 5.54 Å². The van der Waals surface area contributed by atoms with Crippen molar-refractivity contribution in [3.63, 3.8) is 0 Å². The zero-order valence-electron chi connectivity index (χ0n) is 12.3. The van der Waals surface area contributed by atoms with E-state index in [2.05, 4.69) is 5.32 Å². The summed E-state index contributed by atoms with van der Waals surface area (Å²) >= 11 is 0. The first-order chi connectivity index (χ1) is 10.1. The van der Waals surface area contributed by atoms with Crippen LogP contribution in [-0.4, -0.2) is 22.5 Å². The Morgan fingerprint density at radius 3 is 2.24 bits per heavy atom. The molecule has 2 N–H and O–H groups in total. The second kappa shape index (κ2) is 7.25. The summed E-state index contributed by atoms with van der Waals surface area (Å²) in [5, 5.41) is 12.3. The molecule has 1 fully saturated rings. The molecule has 0 atom stereocenters. The lowest BCUT2D eigenvalue weighted by atomic mass is 9.90. The van der Waals surface area contributed by atoms with Crippen LogP contribution in [0.25, 0.3) is 0 Å². The first-order valence-corrected chi connectivity index (χ1v) is 7.71. The molecule has 1 saturated carbocycles. The van der Waals surface area contributed by atoms with Gasteiger partial charge in [0.15, 0.2) is 0 Å². The monoisotopic (exact) mass is 289 g/mol. The van der Waals surface area contributed by atoms with Gasteiger partial charge in [-0.05, 0) is 24.8 Å². The molecule has 0 heterocycles. The number of amides is 1. The minimum absolute atomic E-state index is 0.164. The fraction of sp³-hybridized carbons (Fsp3) is 0.529. The summed E-state index contributed by atoms with van der Waals surface area (Å²) in [4.78, 5) is 23.8. The van der Waals surface area contributed by atoms with Crippen molar-refractivity contribution in [1.82, 2.24) is 5.32 Å². The zero-order chi connectivity index (χ0) is 15.1. The molecule has 0 unspecified atom stereocenters. The van der Waals surface area contributed by atoms with Crippen molar-refractivity contribution in [2.24, 2.45) is 0 Å². The van der Waals surface area contributed by atoms with Gasteiger partial charge in [0.2, 0.25) is 5.91 Å². The summed E-state index contributed by atoms with van der Waals surface area (Å²) in [6, 6.07) is 9.78. The molecule has 2 rings (SSSR count). The van der Waals surface area contributed by atoms with Crippen molar-refractivity contribution in [3.05, 3.63) is 35.9 Å². The quantitative estimate of drug-likeness (QED) is 0.819. The smallest absolute Gasteiger partial charge is 0.329 e. The highest BCUT2D eigenvalue weighted by atomic mass is 16.4. The van der Waals surface area contributed by atoms with Crippen LogP contribution in [0.3, 0.4) is 0 Å². The van der Waals surface area contributed by atoms with Crippen LogP contribution in [0.15, 0.2) is 30.3 Å². The number of hydrogen-bond acceptors (Lipinski definition) is 2. The summed E-state index contributed by atoms with van der Waals surface area (Å²) in [6.07, 6.45) is 5.89. The molecule has 1 aromatic rings. The maximum Gasteiger partial charge on any atom is 0.329 e. The highest BCUT2D eigenvalue weighted by Gasteiger charge is 2.39. The third-order valence-corrected chi connectivity index (χ3v) is 4.23. The van der Waals surface area contributed by atoms with Gasteiger partial charge in [-0.3, -0.25) is 4.79 Å². The number of carbonyl (C=O) groups excluding carboxylic acids is 1. The van der Waals surface area contributed by atoms with Crippen LogP contribution < -0.4 is 5.32 Å². The van der Waals surface area contributed by atoms with Crippen LogP contribution in [0.1, 0.15) is 50.5 Å². The van der Waals surface area contributed by atoms with Crippen LogP contribution >= 0.6 is 0 Å². The number of benzene rings is 1. The van der Waals surface area contributed by atoms with Crippen molar-refractivity contribution in [2.45, 2.75) is 56.9 Å². The van der Waals surface area contributed by atoms with Crippen LogP contribution in [0.2, 0.25) is 0 Å². The highest BCUT2D eigenvalue weighted by molar-refractivity contribution is 5.87. The molecule has 0 saturated heterocycles. The van der Waals surface area contributed by atoms with Gasteiger partial charge in [0.05, 0.1) is 0 Å². The topological polar surface area (TPSA) is 66.4 Å². The molecule has 4 nitrogen and oxygen atoms in total. The van der Waals surface area contributed by atoms with Crippen LogP contribution in [0.4, 0.5) is 0 Å². The van der Waals surface area contributed by atoms with E-state index in [1.165, 1.54) is 0 Å².